The van der Waals surface area contributed by atoms with Gasteiger partial charge in [-0.05, 0) is 25.6 Å². The molecule has 0 fully saturated rings. The van der Waals surface area contributed by atoms with Crippen LogP contribution in [0.2, 0.25) is 0 Å². The first-order chi connectivity index (χ1) is 8.21. The van der Waals surface area contributed by atoms with Gasteiger partial charge in [-0.25, -0.2) is 0 Å². The van der Waals surface area contributed by atoms with Gasteiger partial charge in [0.15, 0.2) is 0 Å². The van der Waals surface area contributed by atoms with Gasteiger partial charge in [-0.2, -0.15) is 0 Å². The summed E-state index contributed by atoms with van der Waals surface area (Å²) in [5, 5.41) is 3.29. The second-order valence-electron chi connectivity index (χ2n) is 3.88. The van der Waals surface area contributed by atoms with E-state index in [4.69, 9.17) is 9.47 Å². The largest absolute Gasteiger partial charge is 0.497 e. The molecule has 0 unspecified atom stereocenters. The number of hydrogen-bond donors (Lipinski definition) is 1. The van der Waals surface area contributed by atoms with Crippen molar-refractivity contribution in [3.8, 4) is 11.5 Å². The van der Waals surface area contributed by atoms with Gasteiger partial charge in [0.2, 0.25) is 0 Å². The van der Waals surface area contributed by atoms with E-state index < -0.39 is 0 Å². The van der Waals surface area contributed by atoms with Crippen LogP contribution >= 0.6 is 0 Å². The normalized spacial score (nSPS) is 11.4. The van der Waals surface area contributed by atoms with E-state index in [0.29, 0.717) is 0 Å². The molecule has 0 spiro atoms. The lowest BCUT2D eigenvalue weighted by atomic mass is 10.1. The molecule has 0 aliphatic carbocycles. The van der Waals surface area contributed by atoms with Crippen molar-refractivity contribution in [2.24, 2.45) is 0 Å². The quantitative estimate of drug-likeness (QED) is 0.822. The maximum Gasteiger partial charge on any atom is 0.129 e. The fourth-order valence-electron chi connectivity index (χ4n) is 1.58. The molecule has 0 heterocycles. The van der Waals surface area contributed by atoms with Gasteiger partial charge >= 0.3 is 0 Å². The molecule has 17 heavy (non-hydrogen) atoms. The predicted octanol–water partition coefficient (Wildman–Crippen LogP) is 2.72. The van der Waals surface area contributed by atoms with Gasteiger partial charge in [-0.1, -0.05) is 18.6 Å². The van der Waals surface area contributed by atoms with Crippen LogP contribution in [0, 0.1) is 0 Å². The zero-order valence-corrected chi connectivity index (χ0v) is 11.0. The molecule has 0 saturated heterocycles. The maximum atomic E-state index is 5.35. The summed E-state index contributed by atoms with van der Waals surface area (Å²) in [5.74, 6) is 1.64. The van der Waals surface area contributed by atoms with Gasteiger partial charge < -0.3 is 14.8 Å². The number of nitrogens with one attached hydrogen (secondary N) is 1. The van der Waals surface area contributed by atoms with E-state index in [1.165, 1.54) is 5.57 Å². The molecule has 0 bridgehead atoms. The van der Waals surface area contributed by atoms with E-state index in [1.54, 1.807) is 14.2 Å². The monoisotopic (exact) mass is 235 g/mol. The Morgan fingerprint density at radius 3 is 2.65 bits per heavy atom. The third-order valence-electron chi connectivity index (χ3n) is 2.50. The van der Waals surface area contributed by atoms with Crippen LogP contribution in [0.15, 0.2) is 23.8 Å². The topological polar surface area (TPSA) is 30.5 Å². The minimum absolute atomic E-state index is 0.809. The van der Waals surface area contributed by atoms with Crippen molar-refractivity contribution in [3.63, 3.8) is 0 Å². The SMILES string of the molecule is CCNCC(C)=Cc1ccc(OC)cc1OC. The molecule has 0 amide bonds. The first-order valence-corrected chi connectivity index (χ1v) is 5.81. The summed E-state index contributed by atoms with van der Waals surface area (Å²) in [7, 11) is 3.33. The molecule has 0 aliphatic rings. The highest BCUT2D eigenvalue weighted by Crippen LogP contribution is 2.26. The van der Waals surface area contributed by atoms with Crippen molar-refractivity contribution < 1.29 is 9.47 Å². The van der Waals surface area contributed by atoms with Gasteiger partial charge in [-0.15, -0.1) is 0 Å². The number of methoxy groups -OCH3 is 2. The first kappa shape index (κ1) is 13.6. The average molecular weight is 235 g/mol. The van der Waals surface area contributed by atoms with Crippen molar-refractivity contribution in [1.29, 1.82) is 0 Å². The Kier molecular flexibility index (Phi) is 5.57. The molecule has 1 N–H and O–H groups in total. The number of hydrogen-bond acceptors (Lipinski definition) is 3. The second kappa shape index (κ2) is 6.97. The molecule has 1 rings (SSSR count). The molecule has 3 heteroatoms. The number of rotatable bonds is 6. The van der Waals surface area contributed by atoms with E-state index in [2.05, 4.69) is 25.2 Å². The molecule has 3 nitrogen and oxygen atoms in total. The van der Waals surface area contributed by atoms with Gasteiger partial charge in [0.25, 0.3) is 0 Å². The summed E-state index contributed by atoms with van der Waals surface area (Å²) in [4.78, 5) is 0. The van der Waals surface area contributed by atoms with E-state index in [-0.39, 0.29) is 0 Å². The van der Waals surface area contributed by atoms with Crippen LogP contribution in [0.25, 0.3) is 6.08 Å². The molecular formula is C14H21NO2. The Labute approximate surface area is 103 Å². The lowest BCUT2D eigenvalue weighted by Crippen LogP contribution is -2.14. The molecule has 0 saturated carbocycles. The van der Waals surface area contributed by atoms with Crippen LogP contribution in [0.3, 0.4) is 0 Å². The molecule has 0 atom stereocenters. The van der Waals surface area contributed by atoms with Gasteiger partial charge in [0, 0.05) is 18.2 Å². The summed E-state index contributed by atoms with van der Waals surface area (Å²) in [5.41, 5.74) is 2.35. The highest BCUT2D eigenvalue weighted by molar-refractivity contribution is 5.61. The summed E-state index contributed by atoms with van der Waals surface area (Å²) >= 11 is 0. The van der Waals surface area contributed by atoms with E-state index in [9.17, 15) is 0 Å². The smallest absolute Gasteiger partial charge is 0.129 e. The Morgan fingerprint density at radius 1 is 1.29 bits per heavy atom. The van der Waals surface area contributed by atoms with Gasteiger partial charge in [0.05, 0.1) is 14.2 Å². The fourth-order valence-corrected chi connectivity index (χ4v) is 1.58. The van der Waals surface area contributed by atoms with Crippen LogP contribution in [0.4, 0.5) is 0 Å². The van der Waals surface area contributed by atoms with E-state index in [0.717, 1.165) is 30.2 Å². The Hall–Kier alpha value is -1.48. The first-order valence-electron chi connectivity index (χ1n) is 5.81. The molecule has 0 radical (unpaired) electrons. The Bertz CT molecular complexity index is 386. The molecule has 94 valence electrons. The lowest BCUT2D eigenvalue weighted by Gasteiger charge is -2.09. The third-order valence-corrected chi connectivity index (χ3v) is 2.50. The molecule has 1 aromatic rings. The summed E-state index contributed by atoms with van der Waals surface area (Å²) in [6.45, 7) is 6.07. The van der Waals surface area contributed by atoms with Crippen LogP contribution in [-0.4, -0.2) is 27.3 Å². The van der Waals surface area contributed by atoms with E-state index in [1.807, 2.05) is 18.2 Å². The average Bonchev–Trinajstić information content (AvgIpc) is 2.36. The zero-order chi connectivity index (χ0) is 12.7. The summed E-state index contributed by atoms with van der Waals surface area (Å²) in [6, 6.07) is 5.84. The van der Waals surface area contributed by atoms with Crippen molar-refractivity contribution in [2.45, 2.75) is 13.8 Å². The molecule has 0 aromatic heterocycles. The summed E-state index contributed by atoms with van der Waals surface area (Å²) < 4.78 is 10.5. The van der Waals surface area contributed by atoms with Gasteiger partial charge in [-0.3, -0.25) is 0 Å². The Morgan fingerprint density at radius 2 is 2.06 bits per heavy atom. The maximum absolute atomic E-state index is 5.35. The molecular weight excluding hydrogens is 214 g/mol. The molecule has 1 aromatic carbocycles. The standard InChI is InChI=1S/C14H21NO2/c1-5-15-10-11(2)8-12-6-7-13(16-3)9-14(12)17-4/h6-9,15H,5,10H2,1-4H3. The van der Waals surface area contributed by atoms with E-state index >= 15 is 0 Å². The highest BCUT2D eigenvalue weighted by atomic mass is 16.5. The number of benzene rings is 1. The van der Waals surface area contributed by atoms with Crippen LogP contribution in [0.1, 0.15) is 19.4 Å². The van der Waals surface area contributed by atoms with Crippen molar-refractivity contribution >= 4 is 6.08 Å². The summed E-state index contributed by atoms with van der Waals surface area (Å²) in [6.07, 6.45) is 2.13. The number of ether oxygens (including phenoxy) is 2. The van der Waals surface area contributed by atoms with Crippen molar-refractivity contribution in [2.75, 3.05) is 27.3 Å². The van der Waals surface area contributed by atoms with Crippen LogP contribution in [0.5, 0.6) is 11.5 Å². The minimum Gasteiger partial charge on any atom is -0.497 e. The van der Waals surface area contributed by atoms with Crippen LogP contribution in [-0.2, 0) is 0 Å². The minimum atomic E-state index is 0.809. The van der Waals surface area contributed by atoms with Crippen molar-refractivity contribution in [1.82, 2.24) is 5.32 Å². The lowest BCUT2D eigenvalue weighted by molar-refractivity contribution is 0.393. The van der Waals surface area contributed by atoms with Gasteiger partial charge in [0.1, 0.15) is 11.5 Å². The third kappa shape index (κ3) is 4.11. The second-order valence-corrected chi connectivity index (χ2v) is 3.88. The predicted molar refractivity (Wildman–Crippen MR) is 71.7 cm³/mol. The fraction of sp³-hybridized carbons (Fsp3) is 0.429. The Balaban J connectivity index is 2.89. The molecule has 0 aliphatic heterocycles. The number of likely N-dealkylation sites (N-methyl/N-ethyl adjacent to an activating group) is 1. The zero-order valence-electron chi connectivity index (χ0n) is 11.0. The van der Waals surface area contributed by atoms with Crippen molar-refractivity contribution in [3.05, 3.63) is 29.3 Å². The highest BCUT2D eigenvalue weighted by Gasteiger charge is 2.02. The van der Waals surface area contributed by atoms with Crippen LogP contribution < -0.4 is 14.8 Å².